The minimum atomic E-state index is -3.38. The summed E-state index contributed by atoms with van der Waals surface area (Å²) < 4.78 is 27.8. The van der Waals surface area contributed by atoms with Crippen molar-refractivity contribution in [3.63, 3.8) is 0 Å². The number of nitrogens with zero attached hydrogens (tertiary/aromatic N) is 2. The Morgan fingerprint density at radius 2 is 1.84 bits per heavy atom. The van der Waals surface area contributed by atoms with Crippen LogP contribution < -0.4 is 0 Å². The topological polar surface area (TPSA) is 60.9 Å². The van der Waals surface area contributed by atoms with Gasteiger partial charge < -0.3 is 5.11 Å². The van der Waals surface area contributed by atoms with E-state index in [9.17, 15) is 13.5 Å². The van der Waals surface area contributed by atoms with E-state index in [-0.39, 0.29) is 19.1 Å². The minimum Gasteiger partial charge on any atom is -0.387 e. The lowest BCUT2D eigenvalue weighted by atomic mass is 9.92. The Morgan fingerprint density at radius 1 is 1.26 bits per heavy atom. The van der Waals surface area contributed by atoms with Crippen molar-refractivity contribution in [1.82, 2.24) is 8.61 Å². The van der Waals surface area contributed by atoms with Crippen molar-refractivity contribution in [2.24, 2.45) is 0 Å². The zero-order chi connectivity index (χ0) is 14.1. The molecule has 6 heteroatoms. The summed E-state index contributed by atoms with van der Waals surface area (Å²) in [7, 11) is -1.70. The van der Waals surface area contributed by atoms with Crippen molar-refractivity contribution in [2.75, 3.05) is 20.1 Å². The summed E-state index contributed by atoms with van der Waals surface area (Å²) in [5, 5.41) is 10.1. The first-order valence-corrected chi connectivity index (χ1v) is 8.74. The minimum absolute atomic E-state index is 0.138. The van der Waals surface area contributed by atoms with Gasteiger partial charge in [0, 0.05) is 26.2 Å². The van der Waals surface area contributed by atoms with E-state index in [1.807, 2.05) is 6.92 Å². The first kappa shape index (κ1) is 15.2. The molecule has 1 saturated heterocycles. The van der Waals surface area contributed by atoms with Crippen LogP contribution in [0.5, 0.6) is 0 Å². The Labute approximate surface area is 116 Å². The van der Waals surface area contributed by atoms with E-state index < -0.39 is 15.8 Å². The zero-order valence-electron chi connectivity index (χ0n) is 12.0. The van der Waals surface area contributed by atoms with Gasteiger partial charge in [-0.05, 0) is 19.3 Å². The van der Waals surface area contributed by atoms with Crippen molar-refractivity contribution in [3.05, 3.63) is 0 Å². The quantitative estimate of drug-likeness (QED) is 0.831. The molecule has 2 rings (SSSR count). The maximum atomic E-state index is 12.4. The van der Waals surface area contributed by atoms with Crippen molar-refractivity contribution in [3.8, 4) is 0 Å². The normalized spacial score (nSPS) is 25.5. The number of hydrogen-bond donors (Lipinski definition) is 1. The highest BCUT2D eigenvalue weighted by molar-refractivity contribution is 7.86. The summed E-state index contributed by atoms with van der Waals surface area (Å²) in [4.78, 5) is 0. The number of β-amino-alcohol motifs (C(OH)–C–C–N with tert-alkyl or cyclic N) is 1. The fraction of sp³-hybridized carbons (Fsp3) is 1.00. The van der Waals surface area contributed by atoms with E-state index in [1.54, 1.807) is 7.05 Å². The van der Waals surface area contributed by atoms with Gasteiger partial charge in [0.05, 0.1) is 5.60 Å². The van der Waals surface area contributed by atoms with E-state index in [0.29, 0.717) is 6.42 Å². The van der Waals surface area contributed by atoms with Crippen LogP contribution in [0, 0.1) is 0 Å². The predicted octanol–water partition coefficient (Wildman–Crippen LogP) is 1.34. The molecule has 0 aromatic rings. The van der Waals surface area contributed by atoms with Crippen LogP contribution in [0.1, 0.15) is 51.9 Å². The average molecular weight is 290 g/mol. The highest BCUT2D eigenvalue weighted by Crippen LogP contribution is 2.31. The Morgan fingerprint density at radius 3 is 2.37 bits per heavy atom. The summed E-state index contributed by atoms with van der Waals surface area (Å²) in [6.07, 6.45) is 6.92. The third-order valence-corrected chi connectivity index (χ3v) is 6.37. The fourth-order valence-corrected chi connectivity index (χ4v) is 4.97. The molecule has 0 radical (unpaired) electrons. The molecule has 0 aromatic heterocycles. The van der Waals surface area contributed by atoms with Gasteiger partial charge in [0.15, 0.2) is 0 Å². The molecule has 5 nitrogen and oxygen atoms in total. The second-order valence-corrected chi connectivity index (χ2v) is 8.05. The Bertz CT molecular complexity index is 398. The first-order valence-electron chi connectivity index (χ1n) is 7.34. The van der Waals surface area contributed by atoms with Gasteiger partial charge in [-0.3, -0.25) is 0 Å². The van der Waals surface area contributed by atoms with E-state index in [0.717, 1.165) is 32.1 Å². The van der Waals surface area contributed by atoms with Gasteiger partial charge in [-0.25, -0.2) is 0 Å². The Hall–Kier alpha value is -0.170. The summed E-state index contributed by atoms with van der Waals surface area (Å²) in [5.41, 5.74) is -0.796. The van der Waals surface area contributed by atoms with Crippen LogP contribution >= 0.6 is 0 Å². The maximum Gasteiger partial charge on any atom is 0.282 e. The van der Waals surface area contributed by atoms with Gasteiger partial charge in [0.25, 0.3) is 10.2 Å². The second-order valence-electron chi connectivity index (χ2n) is 6.06. The predicted molar refractivity (Wildman–Crippen MR) is 75.0 cm³/mol. The molecule has 0 amide bonds. The van der Waals surface area contributed by atoms with Crippen molar-refractivity contribution in [1.29, 1.82) is 0 Å². The van der Waals surface area contributed by atoms with Gasteiger partial charge in [0.2, 0.25) is 0 Å². The first-order chi connectivity index (χ1) is 8.89. The third-order valence-electron chi connectivity index (χ3n) is 4.44. The summed E-state index contributed by atoms with van der Waals surface area (Å²) in [6.45, 7) is 2.50. The monoisotopic (exact) mass is 290 g/mol. The fourth-order valence-electron chi connectivity index (χ4n) is 3.21. The standard InChI is InChI=1S/C13H26N2O3S/c1-3-9-13(16)10-15(11-13)19(17,18)14(2)12-7-5-4-6-8-12/h12,16H,3-11H2,1-2H3. The Balaban J connectivity index is 1.95. The smallest absolute Gasteiger partial charge is 0.282 e. The number of hydrogen-bond acceptors (Lipinski definition) is 3. The van der Waals surface area contributed by atoms with Crippen LogP contribution in [-0.4, -0.2) is 53.9 Å². The van der Waals surface area contributed by atoms with Crippen LogP contribution in [0.25, 0.3) is 0 Å². The largest absolute Gasteiger partial charge is 0.387 e. The van der Waals surface area contributed by atoms with Crippen LogP contribution in [0.2, 0.25) is 0 Å². The maximum absolute atomic E-state index is 12.4. The van der Waals surface area contributed by atoms with Crippen molar-refractivity contribution in [2.45, 2.75) is 63.5 Å². The van der Waals surface area contributed by atoms with Crippen molar-refractivity contribution >= 4 is 10.2 Å². The lowest BCUT2D eigenvalue weighted by molar-refractivity contribution is -0.0677. The van der Waals surface area contributed by atoms with Crippen LogP contribution in [0.15, 0.2) is 0 Å². The lowest BCUT2D eigenvalue weighted by Gasteiger charge is -2.47. The number of rotatable bonds is 5. The third kappa shape index (κ3) is 3.12. The molecule has 1 aliphatic carbocycles. The zero-order valence-corrected chi connectivity index (χ0v) is 12.8. The molecule has 1 heterocycles. The van der Waals surface area contributed by atoms with Gasteiger partial charge in [0.1, 0.15) is 0 Å². The van der Waals surface area contributed by atoms with Gasteiger partial charge in [-0.1, -0.05) is 32.6 Å². The molecule has 112 valence electrons. The van der Waals surface area contributed by atoms with Gasteiger partial charge >= 0.3 is 0 Å². The molecule has 2 aliphatic rings. The molecular weight excluding hydrogens is 264 g/mol. The van der Waals surface area contributed by atoms with Crippen molar-refractivity contribution < 1.29 is 13.5 Å². The molecule has 0 bridgehead atoms. The highest BCUT2D eigenvalue weighted by Gasteiger charge is 2.48. The summed E-state index contributed by atoms with van der Waals surface area (Å²) in [5.74, 6) is 0. The number of aliphatic hydroxyl groups is 1. The molecule has 19 heavy (non-hydrogen) atoms. The molecule has 1 aliphatic heterocycles. The van der Waals surface area contributed by atoms with E-state index >= 15 is 0 Å². The average Bonchev–Trinajstić information content (AvgIpc) is 2.36. The van der Waals surface area contributed by atoms with Crippen LogP contribution in [-0.2, 0) is 10.2 Å². The second kappa shape index (κ2) is 5.68. The molecule has 0 unspecified atom stereocenters. The lowest BCUT2D eigenvalue weighted by Crippen LogP contribution is -2.66. The van der Waals surface area contributed by atoms with Gasteiger partial charge in [-0.15, -0.1) is 0 Å². The van der Waals surface area contributed by atoms with E-state index in [1.165, 1.54) is 15.0 Å². The summed E-state index contributed by atoms with van der Waals surface area (Å²) in [6, 6.07) is 0.138. The molecular formula is C13H26N2O3S. The molecule has 0 aromatic carbocycles. The van der Waals surface area contributed by atoms with Crippen LogP contribution in [0.3, 0.4) is 0 Å². The molecule has 2 fully saturated rings. The molecule has 1 saturated carbocycles. The SMILES string of the molecule is CCCC1(O)CN(S(=O)(=O)N(C)C2CCCCC2)C1. The van der Waals surface area contributed by atoms with Gasteiger partial charge in [-0.2, -0.15) is 17.0 Å². The molecule has 0 spiro atoms. The highest BCUT2D eigenvalue weighted by atomic mass is 32.2. The van der Waals surface area contributed by atoms with Crippen LogP contribution in [0.4, 0.5) is 0 Å². The van der Waals surface area contributed by atoms with E-state index in [2.05, 4.69) is 0 Å². The van der Waals surface area contributed by atoms with E-state index in [4.69, 9.17) is 0 Å². The Kier molecular flexibility index (Phi) is 4.55. The molecule has 1 N–H and O–H groups in total. The summed E-state index contributed by atoms with van der Waals surface area (Å²) >= 11 is 0. The molecule has 0 atom stereocenters.